The number of aromatic nitrogens is 3. The lowest BCUT2D eigenvalue weighted by molar-refractivity contribution is -0.127. The van der Waals surface area contributed by atoms with Gasteiger partial charge in [-0.2, -0.15) is 0 Å². The largest absolute Gasteiger partial charge is 0.494 e. The molecule has 2 amide bonds. The lowest BCUT2D eigenvalue weighted by Crippen LogP contribution is -2.45. The fourth-order valence-electron chi connectivity index (χ4n) is 4.19. The van der Waals surface area contributed by atoms with E-state index >= 15 is 0 Å². The summed E-state index contributed by atoms with van der Waals surface area (Å²) in [6.45, 7) is 6.83. The van der Waals surface area contributed by atoms with Gasteiger partial charge in [-0.3, -0.25) is 14.5 Å². The van der Waals surface area contributed by atoms with Gasteiger partial charge in [-0.15, -0.1) is 5.10 Å². The SMILES string of the molecule is CCOc1ccc(N(C(=O)Cn2nnc3ccccc32)[C@@H](C(=O)NCCC(C)C)c2ccc(F)cc2)cc1. The van der Waals surface area contributed by atoms with Crippen molar-refractivity contribution in [2.45, 2.75) is 39.8 Å². The summed E-state index contributed by atoms with van der Waals surface area (Å²) in [5.74, 6) is -0.128. The van der Waals surface area contributed by atoms with Gasteiger partial charge in [0.15, 0.2) is 0 Å². The van der Waals surface area contributed by atoms with Crippen molar-refractivity contribution in [2.75, 3.05) is 18.1 Å². The Hall–Kier alpha value is -4.27. The van der Waals surface area contributed by atoms with Crippen molar-refractivity contribution in [1.29, 1.82) is 0 Å². The number of hydrogen-bond acceptors (Lipinski definition) is 5. The second-order valence-electron chi connectivity index (χ2n) is 9.35. The van der Waals surface area contributed by atoms with Gasteiger partial charge in [-0.1, -0.05) is 43.3 Å². The molecule has 38 heavy (non-hydrogen) atoms. The second-order valence-corrected chi connectivity index (χ2v) is 9.35. The van der Waals surface area contributed by atoms with E-state index in [9.17, 15) is 14.0 Å². The summed E-state index contributed by atoms with van der Waals surface area (Å²) in [5.41, 5.74) is 2.34. The molecule has 0 radical (unpaired) electrons. The summed E-state index contributed by atoms with van der Waals surface area (Å²) >= 11 is 0. The van der Waals surface area contributed by atoms with Gasteiger partial charge < -0.3 is 10.1 Å². The molecule has 1 aromatic heterocycles. The van der Waals surface area contributed by atoms with Crippen LogP contribution in [0.2, 0.25) is 0 Å². The average Bonchev–Trinajstić information content (AvgIpc) is 3.31. The Morgan fingerprint density at radius 1 is 1.03 bits per heavy atom. The average molecular weight is 518 g/mol. The molecule has 0 unspecified atom stereocenters. The van der Waals surface area contributed by atoms with E-state index in [0.29, 0.717) is 47.1 Å². The summed E-state index contributed by atoms with van der Waals surface area (Å²) in [5, 5.41) is 11.3. The molecule has 0 saturated heterocycles. The van der Waals surface area contributed by atoms with Crippen LogP contribution in [0.15, 0.2) is 72.8 Å². The highest BCUT2D eigenvalue weighted by Crippen LogP contribution is 2.30. The summed E-state index contributed by atoms with van der Waals surface area (Å²) in [7, 11) is 0. The highest BCUT2D eigenvalue weighted by molar-refractivity contribution is 6.01. The van der Waals surface area contributed by atoms with Crippen molar-refractivity contribution in [3.8, 4) is 5.75 Å². The number of anilines is 1. The third-order valence-electron chi connectivity index (χ3n) is 6.11. The number of para-hydroxylation sites is 1. The second kappa shape index (κ2) is 12.3. The molecule has 0 aliphatic rings. The standard InChI is InChI=1S/C29H32FN5O3/c1-4-38-24-15-13-23(14-16-24)35(27(36)19-34-26-8-6-5-7-25(26)32-33-34)28(21-9-11-22(30)12-10-21)29(37)31-18-17-20(2)3/h5-16,20,28H,4,17-19H2,1-3H3,(H,31,37)/t28-/m1/s1. The zero-order chi connectivity index (χ0) is 27.1. The van der Waals surface area contributed by atoms with Gasteiger partial charge >= 0.3 is 0 Å². The van der Waals surface area contributed by atoms with Crippen LogP contribution in [-0.2, 0) is 16.1 Å². The maximum Gasteiger partial charge on any atom is 0.249 e. The molecule has 4 rings (SSSR count). The van der Waals surface area contributed by atoms with Crippen LogP contribution in [0.5, 0.6) is 5.75 Å². The van der Waals surface area contributed by atoms with Crippen LogP contribution < -0.4 is 15.0 Å². The molecule has 0 aliphatic heterocycles. The molecule has 1 heterocycles. The number of nitrogens with zero attached hydrogens (tertiary/aromatic N) is 4. The van der Waals surface area contributed by atoms with E-state index < -0.39 is 11.9 Å². The van der Waals surface area contributed by atoms with E-state index in [2.05, 4.69) is 29.5 Å². The van der Waals surface area contributed by atoms with Crippen molar-refractivity contribution in [2.24, 2.45) is 5.92 Å². The highest BCUT2D eigenvalue weighted by atomic mass is 19.1. The quantitative estimate of drug-likeness (QED) is 0.306. The van der Waals surface area contributed by atoms with Gasteiger partial charge in [0.05, 0.1) is 12.1 Å². The molecule has 1 atom stereocenters. The number of fused-ring (bicyclic) bond motifs is 1. The molecule has 9 heteroatoms. The fraction of sp³-hybridized carbons (Fsp3) is 0.310. The van der Waals surface area contributed by atoms with Gasteiger partial charge in [0.25, 0.3) is 0 Å². The van der Waals surface area contributed by atoms with Crippen LogP contribution in [0.25, 0.3) is 11.0 Å². The Labute approximate surface area is 221 Å². The predicted molar refractivity (Wildman–Crippen MR) is 144 cm³/mol. The van der Waals surface area contributed by atoms with Crippen molar-refractivity contribution >= 4 is 28.5 Å². The summed E-state index contributed by atoms with van der Waals surface area (Å²) in [4.78, 5) is 29.1. The first-order valence-electron chi connectivity index (χ1n) is 12.7. The van der Waals surface area contributed by atoms with Gasteiger partial charge in [-0.05, 0) is 73.4 Å². The number of ether oxygens (including phenoxy) is 1. The van der Waals surface area contributed by atoms with E-state index in [0.717, 1.165) is 6.42 Å². The highest BCUT2D eigenvalue weighted by Gasteiger charge is 2.33. The van der Waals surface area contributed by atoms with Crippen molar-refractivity contribution < 1.29 is 18.7 Å². The molecule has 198 valence electrons. The zero-order valence-electron chi connectivity index (χ0n) is 21.8. The monoisotopic (exact) mass is 517 g/mol. The first-order chi connectivity index (χ1) is 18.4. The summed E-state index contributed by atoms with van der Waals surface area (Å²) in [6.07, 6.45) is 0.782. The molecule has 8 nitrogen and oxygen atoms in total. The first-order valence-corrected chi connectivity index (χ1v) is 12.7. The molecule has 0 fully saturated rings. The number of amides is 2. The van der Waals surface area contributed by atoms with E-state index in [1.165, 1.54) is 33.8 Å². The Morgan fingerprint density at radius 3 is 2.42 bits per heavy atom. The first kappa shape index (κ1) is 26.8. The number of nitrogens with one attached hydrogen (secondary N) is 1. The number of halogens is 1. The summed E-state index contributed by atoms with van der Waals surface area (Å²) in [6, 6.07) is 18.9. The maximum absolute atomic E-state index is 14.0. The number of carbonyl (C=O) groups excluding carboxylic acids is 2. The molecule has 3 aromatic carbocycles. The smallest absolute Gasteiger partial charge is 0.249 e. The topological polar surface area (TPSA) is 89.3 Å². The van der Waals surface area contributed by atoms with Gasteiger partial charge in [0.2, 0.25) is 11.8 Å². The Kier molecular flexibility index (Phi) is 8.68. The third-order valence-corrected chi connectivity index (χ3v) is 6.11. The Bertz CT molecular complexity index is 1370. The van der Waals surface area contributed by atoms with Gasteiger partial charge in [-0.25, -0.2) is 9.07 Å². The van der Waals surface area contributed by atoms with Gasteiger partial charge in [0, 0.05) is 12.2 Å². The molecule has 0 aliphatic carbocycles. The molecule has 0 saturated carbocycles. The number of carbonyl (C=O) groups is 2. The van der Waals surface area contributed by atoms with Crippen LogP contribution in [0.3, 0.4) is 0 Å². The number of hydrogen-bond donors (Lipinski definition) is 1. The minimum absolute atomic E-state index is 0.148. The lowest BCUT2D eigenvalue weighted by Gasteiger charge is -2.32. The normalized spacial score (nSPS) is 11.9. The molecule has 4 aromatic rings. The fourth-order valence-corrected chi connectivity index (χ4v) is 4.19. The van der Waals surface area contributed by atoms with E-state index in [1.807, 2.05) is 31.2 Å². The third kappa shape index (κ3) is 6.34. The Morgan fingerprint density at radius 2 is 1.74 bits per heavy atom. The minimum Gasteiger partial charge on any atom is -0.494 e. The van der Waals surface area contributed by atoms with Crippen LogP contribution in [0.1, 0.15) is 38.8 Å². The number of rotatable bonds is 11. The summed E-state index contributed by atoms with van der Waals surface area (Å²) < 4.78 is 20.9. The number of benzene rings is 3. The van der Waals surface area contributed by atoms with Crippen LogP contribution in [-0.4, -0.2) is 40.0 Å². The van der Waals surface area contributed by atoms with Crippen LogP contribution in [0, 0.1) is 11.7 Å². The lowest BCUT2D eigenvalue weighted by atomic mass is 10.0. The minimum atomic E-state index is -1.04. The van der Waals surface area contributed by atoms with Crippen molar-refractivity contribution in [3.05, 3.63) is 84.2 Å². The van der Waals surface area contributed by atoms with Crippen molar-refractivity contribution in [3.63, 3.8) is 0 Å². The predicted octanol–water partition coefficient (Wildman–Crippen LogP) is 4.91. The molecule has 0 spiro atoms. The van der Waals surface area contributed by atoms with Crippen molar-refractivity contribution in [1.82, 2.24) is 20.3 Å². The molecule has 0 bridgehead atoms. The Balaban J connectivity index is 1.75. The van der Waals surface area contributed by atoms with Crippen LogP contribution >= 0.6 is 0 Å². The zero-order valence-corrected chi connectivity index (χ0v) is 21.8. The van der Waals surface area contributed by atoms with E-state index in [-0.39, 0.29) is 18.4 Å². The van der Waals surface area contributed by atoms with Crippen LogP contribution in [0.4, 0.5) is 10.1 Å². The maximum atomic E-state index is 14.0. The van der Waals surface area contributed by atoms with E-state index in [4.69, 9.17) is 4.74 Å². The molecule has 1 N–H and O–H groups in total. The van der Waals surface area contributed by atoms with E-state index in [1.54, 1.807) is 24.3 Å². The molecular weight excluding hydrogens is 485 g/mol. The molecular formula is C29H32FN5O3. The van der Waals surface area contributed by atoms with Gasteiger partial charge in [0.1, 0.15) is 29.7 Å².